The van der Waals surface area contributed by atoms with E-state index in [-0.39, 0.29) is 0 Å². The number of para-hydroxylation sites is 1. The molecule has 3 nitrogen and oxygen atoms in total. The Balaban J connectivity index is 2.15. The van der Waals surface area contributed by atoms with Crippen LogP contribution in [-0.2, 0) is 6.42 Å². The first-order chi connectivity index (χ1) is 8.31. The average molecular weight is 232 g/mol. The Morgan fingerprint density at radius 2 is 2.12 bits per heavy atom. The Morgan fingerprint density at radius 1 is 1.29 bits per heavy atom. The standard InChI is InChI=1S/C14H16O3/c1-2-17-14-6-4-3-5-12(14)13(15)9-11-7-8-16-10-11/h3-8,10,13,15H,2,9H2,1H3. The zero-order valence-corrected chi connectivity index (χ0v) is 9.80. The summed E-state index contributed by atoms with van der Waals surface area (Å²) in [6.07, 6.45) is 3.21. The first kappa shape index (κ1) is 11.7. The summed E-state index contributed by atoms with van der Waals surface area (Å²) in [6.45, 7) is 2.52. The van der Waals surface area contributed by atoms with Gasteiger partial charge in [-0.3, -0.25) is 0 Å². The third-order valence-corrected chi connectivity index (χ3v) is 2.59. The Morgan fingerprint density at radius 3 is 2.82 bits per heavy atom. The summed E-state index contributed by atoms with van der Waals surface area (Å²) in [7, 11) is 0. The van der Waals surface area contributed by atoms with Gasteiger partial charge in [0, 0.05) is 12.0 Å². The minimum absolute atomic E-state index is 0.528. The normalized spacial score (nSPS) is 12.4. The largest absolute Gasteiger partial charge is 0.493 e. The molecule has 1 N–H and O–H groups in total. The molecule has 1 heterocycles. The first-order valence-electron chi connectivity index (χ1n) is 5.72. The molecule has 17 heavy (non-hydrogen) atoms. The van der Waals surface area contributed by atoms with Crippen molar-refractivity contribution in [1.82, 2.24) is 0 Å². The van der Waals surface area contributed by atoms with E-state index in [0.29, 0.717) is 13.0 Å². The fourth-order valence-corrected chi connectivity index (χ4v) is 1.78. The van der Waals surface area contributed by atoms with Gasteiger partial charge < -0.3 is 14.3 Å². The Bertz CT molecular complexity index is 448. The van der Waals surface area contributed by atoms with Gasteiger partial charge in [-0.2, -0.15) is 0 Å². The summed E-state index contributed by atoms with van der Waals surface area (Å²) in [5, 5.41) is 10.2. The quantitative estimate of drug-likeness (QED) is 0.861. The van der Waals surface area contributed by atoms with Crippen LogP contribution in [0.5, 0.6) is 5.75 Å². The third-order valence-electron chi connectivity index (χ3n) is 2.59. The molecule has 1 atom stereocenters. The zero-order valence-electron chi connectivity index (χ0n) is 9.80. The summed E-state index contributed by atoms with van der Waals surface area (Å²) >= 11 is 0. The van der Waals surface area contributed by atoms with Crippen LogP contribution in [0.25, 0.3) is 0 Å². The molecule has 0 amide bonds. The van der Waals surface area contributed by atoms with Crippen molar-refractivity contribution in [1.29, 1.82) is 0 Å². The highest BCUT2D eigenvalue weighted by Crippen LogP contribution is 2.27. The van der Waals surface area contributed by atoms with Crippen molar-refractivity contribution < 1.29 is 14.3 Å². The number of hydrogen-bond donors (Lipinski definition) is 1. The maximum atomic E-state index is 10.2. The van der Waals surface area contributed by atoms with E-state index < -0.39 is 6.10 Å². The minimum Gasteiger partial charge on any atom is -0.493 e. The highest BCUT2D eigenvalue weighted by molar-refractivity contribution is 5.35. The predicted octanol–water partition coefficient (Wildman–Crippen LogP) is 2.95. The lowest BCUT2D eigenvalue weighted by atomic mass is 10.0. The van der Waals surface area contributed by atoms with E-state index in [1.165, 1.54) is 0 Å². The van der Waals surface area contributed by atoms with Crippen molar-refractivity contribution in [2.45, 2.75) is 19.4 Å². The van der Waals surface area contributed by atoms with Gasteiger partial charge in [0.15, 0.2) is 0 Å². The second-order valence-electron chi connectivity index (χ2n) is 3.82. The van der Waals surface area contributed by atoms with E-state index in [1.807, 2.05) is 37.3 Å². The molecule has 0 saturated carbocycles. The minimum atomic E-state index is -0.574. The SMILES string of the molecule is CCOc1ccccc1C(O)Cc1ccoc1. The van der Waals surface area contributed by atoms with Gasteiger partial charge in [0.2, 0.25) is 0 Å². The van der Waals surface area contributed by atoms with Gasteiger partial charge in [-0.1, -0.05) is 18.2 Å². The van der Waals surface area contributed by atoms with Crippen LogP contribution in [0.1, 0.15) is 24.2 Å². The van der Waals surface area contributed by atoms with Crippen LogP contribution < -0.4 is 4.74 Å². The molecule has 0 aliphatic heterocycles. The molecule has 0 aliphatic rings. The zero-order chi connectivity index (χ0) is 12.1. The Labute approximate surface area is 101 Å². The molecule has 90 valence electrons. The van der Waals surface area contributed by atoms with Gasteiger partial charge >= 0.3 is 0 Å². The maximum Gasteiger partial charge on any atom is 0.125 e. The lowest BCUT2D eigenvalue weighted by Gasteiger charge is -2.14. The van der Waals surface area contributed by atoms with Crippen LogP contribution in [0, 0.1) is 0 Å². The second kappa shape index (κ2) is 5.55. The number of aliphatic hydroxyl groups is 1. The second-order valence-corrected chi connectivity index (χ2v) is 3.82. The molecule has 1 aromatic carbocycles. The number of benzene rings is 1. The lowest BCUT2D eigenvalue weighted by Crippen LogP contribution is -2.04. The molecular formula is C14H16O3. The summed E-state index contributed by atoms with van der Waals surface area (Å²) in [5.74, 6) is 0.742. The van der Waals surface area contributed by atoms with Crippen LogP contribution in [0.2, 0.25) is 0 Å². The number of aliphatic hydroxyl groups excluding tert-OH is 1. The summed E-state index contributed by atoms with van der Waals surface area (Å²) in [6, 6.07) is 9.41. The molecule has 0 fully saturated rings. The molecule has 3 heteroatoms. The van der Waals surface area contributed by atoms with E-state index in [9.17, 15) is 5.11 Å². The topological polar surface area (TPSA) is 42.6 Å². The van der Waals surface area contributed by atoms with Crippen LogP contribution >= 0.6 is 0 Å². The fraction of sp³-hybridized carbons (Fsp3) is 0.286. The van der Waals surface area contributed by atoms with Gasteiger partial charge in [-0.15, -0.1) is 0 Å². The van der Waals surface area contributed by atoms with Crippen LogP contribution in [0.3, 0.4) is 0 Å². The predicted molar refractivity (Wildman–Crippen MR) is 65.0 cm³/mol. The molecule has 1 aromatic heterocycles. The molecule has 0 aliphatic carbocycles. The molecule has 1 unspecified atom stereocenters. The number of hydrogen-bond acceptors (Lipinski definition) is 3. The third kappa shape index (κ3) is 2.88. The van der Waals surface area contributed by atoms with E-state index in [1.54, 1.807) is 12.5 Å². The summed E-state index contributed by atoms with van der Waals surface area (Å²) < 4.78 is 10.5. The highest BCUT2D eigenvalue weighted by Gasteiger charge is 2.13. The Hall–Kier alpha value is -1.74. The van der Waals surface area contributed by atoms with Crippen LogP contribution in [0.4, 0.5) is 0 Å². The van der Waals surface area contributed by atoms with E-state index in [4.69, 9.17) is 9.15 Å². The molecule has 2 rings (SSSR count). The number of furan rings is 1. The molecule has 0 bridgehead atoms. The number of rotatable bonds is 5. The van der Waals surface area contributed by atoms with Crippen molar-refractivity contribution >= 4 is 0 Å². The summed E-state index contributed by atoms with van der Waals surface area (Å²) in [4.78, 5) is 0. The Kier molecular flexibility index (Phi) is 3.83. The fourth-order valence-electron chi connectivity index (χ4n) is 1.78. The highest BCUT2D eigenvalue weighted by atomic mass is 16.5. The first-order valence-corrected chi connectivity index (χ1v) is 5.72. The smallest absolute Gasteiger partial charge is 0.125 e. The van der Waals surface area contributed by atoms with Crippen molar-refractivity contribution in [2.75, 3.05) is 6.61 Å². The molecule has 0 spiro atoms. The summed E-state index contributed by atoms with van der Waals surface area (Å²) in [5.41, 5.74) is 1.79. The van der Waals surface area contributed by atoms with Gasteiger partial charge in [0.1, 0.15) is 5.75 Å². The van der Waals surface area contributed by atoms with Crippen LogP contribution in [-0.4, -0.2) is 11.7 Å². The monoisotopic (exact) mass is 232 g/mol. The van der Waals surface area contributed by atoms with Gasteiger partial charge in [-0.25, -0.2) is 0 Å². The van der Waals surface area contributed by atoms with Gasteiger partial charge in [-0.05, 0) is 24.6 Å². The number of ether oxygens (including phenoxy) is 1. The van der Waals surface area contributed by atoms with E-state index >= 15 is 0 Å². The maximum absolute atomic E-state index is 10.2. The molecule has 2 aromatic rings. The average Bonchev–Trinajstić information content (AvgIpc) is 2.83. The van der Waals surface area contributed by atoms with Crippen LogP contribution in [0.15, 0.2) is 47.3 Å². The molecular weight excluding hydrogens is 216 g/mol. The van der Waals surface area contributed by atoms with Crippen molar-refractivity contribution in [3.63, 3.8) is 0 Å². The molecule has 0 saturated heterocycles. The lowest BCUT2D eigenvalue weighted by molar-refractivity contribution is 0.172. The van der Waals surface area contributed by atoms with Crippen molar-refractivity contribution in [3.05, 3.63) is 54.0 Å². The van der Waals surface area contributed by atoms with Gasteiger partial charge in [0.25, 0.3) is 0 Å². The van der Waals surface area contributed by atoms with Crippen molar-refractivity contribution in [3.8, 4) is 5.75 Å². The van der Waals surface area contributed by atoms with E-state index in [2.05, 4.69) is 0 Å². The molecule has 0 radical (unpaired) electrons. The van der Waals surface area contributed by atoms with Gasteiger partial charge in [0.05, 0.1) is 25.2 Å². The van der Waals surface area contributed by atoms with Crippen molar-refractivity contribution in [2.24, 2.45) is 0 Å². The van der Waals surface area contributed by atoms with E-state index in [0.717, 1.165) is 16.9 Å².